The molecule has 0 aliphatic rings. The molecule has 0 aromatic carbocycles. The van der Waals surface area contributed by atoms with E-state index in [1.54, 1.807) is 17.5 Å². The smallest absolute Gasteiger partial charge is 0.125 e. The first-order valence-electron chi connectivity index (χ1n) is 4.21. The highest BCUT2D eigenvalue weighted by molar-refractivity contribution is 7.10. The van der Waals surface area contributed by atoms with Crippen LogP contribution in [-0.2, 0) is 0 Å². The Labute approximate surface area is 85.4 Å². The molecule has 0 saturated carbocycles. The van der Waals surface area contributed by atoms with E-state index in [9.17, 15) is 5.11 Å². The van der Waals surface area contributed by atoms with Gasteiger partial charge in [-0.25, -0.2) is 0 Å². The number of nitrogens with one attached hydrogen (secondary N) is 1. The van der Waals surface area contributed by atoms with Crippen molar-refractivity contribution >= 4 is 17.2 Å². The summed E-state index contributed by atoms with van der Waals surface area (Å²) < 4.78 is 0. The van der Waals surface area contributed by atoms with Gasteiger partial charge in [-0.1, -0.05) is 0 Å². The molecule has 4 nitrogen and oxygen atoms in total. The molecule has 0 fully saturated rings. The van der Waals surface area contributed by atoms with Crippen LogP contribution >= 0.6 is 11.3 Å². The van der Waals surface area contributed by atoms with Crippen molar-refractivity contribution in [2.75, 3.05) is 5.73 Å². The molecule has 0 radical (unpaired) electrons. The van der Waals surface area contributed by atoms with Crippen molar-refractivity contribution in [3.63, 3.8) is 0 Å². The van der Waals surface area contributed by atoms with Gasteiger partial charge in [0, 0.05) is 10.4 Å². The maximum absolute atomic E-state index is 10.00. The fourth-order valence-electron chi connectivity index (χ4n) is 1.37. The van der Waals surface area contributed by atoms with Crippen molar-refractivity contribution in [1.82, 2.24) is 10.2 Å². The molecule has 2 aromatic rings. The van der Waals surface area contributed by atoms with Crippen molar-refractivity contribution in [2.45, 2.75) is 13.0 Å². The molecule has 0 spiro atoms. The van der Waals surface area contributed by atoms with Crippen LogP contribution in [0.3, 0.4) is 0 Å². The second kappa shape index (κ2) is 3.43. The Morgan fingerprint density at radius 1 is 1.57 bits per heavy atom. The molecule has 0 saturated heterocycles. The van der Waals surface area contributed by atoms with Crippen LogP contribution in [0.25, 0.3) is 0 Å². The highest BCUT2D eigenvalue weighted by Crippen LogP contribution is 2.29. The summed E-state index contributed by atoms with van der Waals surface area (Å²) in [6.45, 7) is 1.97. The first kappa shape index (κ1) is 9.23. The number of hydrogen-bond donors (Lipinski definition) is 3. The fraction of sp³-hybridized carbons (Fsp3) is 0.222. The lowest BCUT2D eigenvalue weighted by molar-refractivity contribution is 0.221. The molecule has 14 heavy (non-hydrogen) atoms. The van der Waals surface area contributed by atoms with Crippen LogP contribution in [-0.4, -0.2) is 15.3 Å². The van der Waals surface area contributed by atoms with Crippen LogP contribution in [0.4, 0.5) is 5.82 Å². The van der Waals surface area contributed by atoms with Gasteiger partial charge in [0.2, 0.25) is 0 Å². The largest absolute Gasteiger partial charge is 0.384 e. The fourth-order valence-corrected chi connectivity index (χ4v) is 2.10. The van der Waals surface area contributed by atoms with E-state index in [4.69, 9.17) is 5.73 Å². The number of H-pyrrole nitrogens is 1. The molecule has 4 N–H and O–H groups in total. The summed E-state index contributed by atoms with van der Waals surface area (Å²) in [5.74, 6) is 0.420. The Morgan fingerprint density at radius 3 is 2.86 bits per heavy atom. The second-order valence-corrected chi connectivity index (χ2v) is 4.19. The van der Waals surface area contributed by atoms with E-state index in [0.29, 0.717) is 11.4 Å². The van der Waals surface area contributed by atoms with Crippen LogP contribution in [0, 0.1) is 6.92 Å². The van der Waals surface area contributed by atoms with E-state index < -0.39 is 6.10 Å². The summed E-state index contributed by atoms with van der Waals surface area (Å²) in [6.07, 6.45) is 0.872. The van der Waals surface area contributed by atoms with Gasteiger partial charge in [-0.3, -0.25) is 5.10 Å². The quantitative estimate of drug-likeness (QED) is 0.700. The minimum atomic E-state index is -0.681. The molecule has 74 valence electrons. The van der Waals surface area contributed by atoms with Gasteiger partial charge in [-0.15, -0.1) is 11.3 Å². The van der Waals surface area contributed by atoms with Gasteiger partial charge in [0.15, 0.2) is 0 Å². The third-order valence-corrected chi connectivity index (χ3v) is 3.05. The third-order valence-electron chi connectivity index (χ3n) is 2.19. The Morgan fingerprint density at radius 2 is 2.36 bits per heavy atom. The number of aryl methyl sites for hydroxylation is 1. The van der Waals surface area contributed by atoms with E-state index in [1.165, 1.54) is 0 Å². The molecule has 2 heterocycles. The summed E-state index contributed by atoms with van der Waals surface area (Å²) in [5.41, 5.74) is 7.15. The summed E-state index contributed by atoms with van der Waals surface area (Å²) in [7, 11) is 0. The van der Waals surface area contributed by atoms with Crippen LogP contribution in [0.15, 0.2) is 17.6 Å². The maximum Gasteiger partial charge on any atom is 0.125 e. The van der Waals surface area contributed by atoms with Gasteiger partial charge >= 0.3 is 0 Å². The van der Waals surface area contributed by atoms with E-state index in [-0.39, 0.29) is 0 Å². The second-order valence-electron chi connectivity index (χ2n) is 3.07. The van der Waals surface area contributed by atoms with Gasteiger partial charge in [0.1, 0.15) is 11.9 Å². The average molecular weight is 209 g/mol. The van der Waals surface area contributed by atoms with Crippen molar-refractivity contribution in [3.8, 4) is 0 Å². The number of thiophene rings is 1. The average Bonchev–Trinajstić information content (AvgIpc) is 2.73. The van der Waals surface area contributed by atoms with Crippen LogP contribution in [0.5, 0.6) is 0 Å². The predicted octanol–water partition coefficient (Wildman–Crippen LogP) is 1.44. The summed E-state index contributed by atoms with van der Waals surface area (Å²) in [4.78, 5) is 1.10. The molecule has 2 rings (SSSR count). The van der Waals surface area contributed by atoms with Gasteiger partial charge in [-0.2, -0.15) is 5.10 Å². The number of aromatic nitrogens is 2. The number of rotatable bonds is 2. The zero-order valence-corrected chi connectivity index (χ0v) is 8.51. The van der Waals surface area contributed by atoms with Gasteiger partial charge in [0.05, 0.1) is 6.20 Å². The lowest BCUT2D eigenvalue weighted by Gasteiger charge is -2.08. The Hall–Kier alpha value is -1.33. The number of anilines is 1. The lowest BCUT2D eigenvalue weighted by atomic mass is 10.1. The molecule has 2 aromatic heterocycles. The molecule has 5 heteroatoms. The predicted molar refractivity (Wildman–Crippen MR) is 56.1 cm³/mol. The number of nitrogen functional groups attached to an aromatic ring is 1. The van der Waals surface area contributed by atoms with Gasteiger partial charge < -0.3 is 10.8 Å². The molecule has 0 amide bonds. The molecular weight excluding hydrogens is 198 g/mol. The van der Waals surface area contributed by atoms with Crippen LogP contribution in [0.1, 0.15) is 22.1 Å². The van der Waals surface area contributed by atoms with Crippen molar-refractivity contribution in [2.24, 2.45) is 0 Å². The van der Waals surface area contributed by atoms with Crippen molar-refractivity contribution < 1.29 is 5.11 Å². The molecule has 0 aliphatic heterocycles. The van der Waals surface area contributed by atoms with E-state index in [2.05, 4.69) is 10.2 Å². The summed E-state index contributed by atoms with van der Waals surface area (Å²) in [5, 5.41) is 18.3. The van der Waals surface area contributed by atoms with Gasteiger partial charge in [0.25, 0.3) is 0 Å². The Bertz CT molecular complexity index is 394. The zero-order valence-electron chi connectivity index (χ0n) is 7.69. The first-order valence-corrected chi connectivity index (χ1v) is 5.09. The van der Waals surface area contributed by atoms with Crippen molar-refractivity contribution in [3.05, 3.63) is 33.6 Å². The normalized spacial score (nSPS) is 13.0. The SMILES string of the molecule is Cc1sccc1C(O)c1cn[nH]c1N. The van der Waals surface area contributed by atoms with E-state index in [1.807, 2.05) is 18.4 Å². The topological polar surface area (TPSA) is 74.9 Å². The molecular formula is C9H11N3OS. The van der Waals surface area contributed by atoms with E-state index in [0.717, 1.165) is 10.4 Å². The minimum absolute atomic E-state index is 0.420. The number of aromatic amines is 1. The number of nitrogens with two attached hydrogens (primary N) is 1. The maximum atomic E-state index is 10.00. The van der Waals surface area contributed by atoms with Gasteiger partial charge in [-0.05, 0) is 23.9 Å². The standard InChI is InChI=1S/C9H11N3OS/c1-5-6(2-3-14-5)8(13)7-4-11-12-9(7)10/h2-4,8,13H,1H3,(H3,10,11,12). The first-order chi connectivity index (χ1) is 6.70. The lowest BCUT2D eigenvalue weighted by Crippen LogP contribution is -2.01. The number of hydrogen-bond acceptors (Lipinski definition) is 4. The number of aliphatic hydroxyl groups is 1. The number of aliphatic hydroxyl groups excluding tert-OH is 1. The Kier molecular flexibility index (Phi) is 2.26. The molecule has 1 unspecified atom stereocenters. The molecule has 0 aliphatic carbocycles. The monoisotopic (exact) mass is 209 g/mol. The zero-order chi connectivity index (χ0) is 10.1. The van der Waals surface area contributed by atoms with Crippen LogP contribution in [0.2, 0.25) is 0 Å². The van der Waals surface area contributed by atoms with E-state index >= 15 is 0 Å². The summed E-state index contributed by atoms with van der Waals surface area (Å²) in [6, 6.07) is 1.90. The minimum Gasteiger partial charge on any atom is -0.384 e. The molecule has 1 atom stereocenters. The summed E-state index contributed by atoms with van der Waals surface area (Å²) >= 11 is 1.60. The third kappa shape index (κ3) is 1.40. The number of nitrogens with zero attached hydrogens (tertiary/aromatic N) is 1. The van der Waals surface area contributed by atoms with Crippen molar-refractivity contribution in [1.29, 1.82) is 0 Å². The molecule has 0 bridgehead atoms. The highest BCUT2D eigenvalue weighted by atomic mass is 32.1. The highest BCUT2D eigenvalue weighted by Gasteiger charge is 2.17. The Balaban J connectivity index is 2.38. The van der Waals surface area contributed by atoms with Crippen LogP contribution < -0.4 is 5.73 Å².